The molecule has 56 heavy (non-hydrogen) atoms. The first kappa shape index (κ1) is 48.6. The number of nitrogens with zero attached hydrogens (tertiary/aromatic N) is 1. The van der Waals surface area contributed by atoms with E-state index in [1.807, 2.05) is 48.8 Å². The van der Waals surface area contributed by atoms with Crippen LogP contribution in [0.4, 0.5) is 0 Å². The molecule has 3 heterocycles. The zero-order valence-electron chi connectivity index (χ0n) is 36.8. The molecule has 3 aliphatic rings. The fourth-order valence-electron chi connectivity index (χ4n) is 9.37. The van der Waals surface area contributed by atoms with Gasteiger partial charge in [0.25, 0.3) is 0 Å². The van der Waals surface area contributed by atoms with Gasteiger partial charge in [0.1, 0.15) is 23.1 Å². The smallest absolute Gasteiger partial charge is 0.311 e. The summed E-state index contributed by atoms with van der Waals surface area (Å²) in [7, 11) is 8.92. The number of esters is 2. The molecule has 3 aliphatic heterocycles. The highest BCUT2D eigenvalue weighted by atomic mass is 16.7. The van der Waals surface area contributed by atoms with Crippen molar-refractivity contribution >= 4 is 17.7 Å². The van der Waals surface area contributed by atoms with Crippen molar-refractivity contribution in [1.82, 2.24) is 10.2 Å². The Bertz CT molecular complexity index is 1320. The fourth-order valence-corrected chi connectivity index (χ4v) is 9.37. The normalized spacial score (nSPS) is 46.2. The zero-order valence-corrected chi connectivity index (χ0v) is 36.8. The highest BCUT2D eigenvalue weighted by Gasteiger charge is 2.54. The summed E-state index contributed by atoms with van der Waals surface area (Å²) in [6.07, 6.45) is -6.61. The predicted octanol–water partition coefficient (Wildman–Crippen LogP) is 3.24. The van der Waals surface area contributed by atoms with E-state index in [9.17, 15) is 24.6 Å². The SMILES string of the molecule is CC[C@H]1OC(=O)[C@H](C)[C@@H](O[C@H]2C[C@@](C)(OC)[C@@H](OC(C)=O)[C@H](C)O2)[C@H](C)[C@@H](O[C@@H]2O[C@H](C)C[C@@H](NC)[C@@H]2N(C)C)[C@@](C)(OC)C[C@@H](C)C(=O)[C@H](C)[C@@H](O)[C@]1(C)O. The average molecular weight is 803 g/mol. The number of likely N-dealkylation sites (N-methyl/N-ethyl adjacent to an activating group) is 2. The molecule has 15 nitrogen and oxygen atoms in total. The van der Waals surface area contributed by atoms with Gasteiger partial charge in [0.05, 0.1) is 48.1 Å². The Hall–Kier alpha value is -1.79. The Morgan fingerprint density at radius 3 is 2.04 bits per heavy atom. The first-order valence-electron chi connectivity index (χ1n) is 20.3. The Morgan fingerprint density at radius 2 is 1.52 bits per heavy atom. The van der Waals surface area contributed by atoms with Crippen LogP contribution in [0.25, 0.3) is 0 Å². The molecule has 3 saturated heterocycles. The number of Topliss-reactive ketones (excluding diaryl/α,β-unsaturated/α-hetero) is 1. The number of ether oxygens (including phenoxy) is 8. The Morgan fingerprint density at radius 1 is 0.929 bits per heavy atom. The minimum Gasteiger partial charge on any atom is -0.459 e. The van der Waals surface area contributed by atoms with Crippen molar-refractivity contribution in [3.63, 3.8) is 0 Å². The Kier molecular flexibility index (Phi) is 16.9. The summed E-state index contributed by atoms with van der Waals surface area (Å²) < 4.78 is 51.0. The molecule has 326 valence electrons. The Balaban J connectivity index is 2.26. The molecule has 3 N–H and O–H groups in total. The molecule has 0 saturated carbocycles. The summed E-state index contributed by atoms with van der Waals surface area (Å²) in [6, 6.07) is -0.220. The second-order valence-electron chi connectivity index (χ2n) is 17.5. The number of rotatable bonds is 10. The van der Waals surface area contributed by atoms with Crippen LogP contribution in [-0.4, -0.2) is 152 Å². The maximum absolute atomic E-state index is 14.4. The van der Waals surface area contributed by atoms with Crippen LogP contribution in [0, 0.1) is 23.7 Å². The van der Waals surface area contributed by atoms with Gasteiger partial charge in [-0.05, 0) is 81.9 Å². The quantitative estimate of drug-likeness (QED) is 0.274. The maximum Gasteiger partial charge on any atom is 0.311 e. The van der Waals surface area contributed by atoms with E-state index in [4.69, 9.17) is 37.9 Å². The summed E-state index contributed by atoms with van der Waals surface area (Å²) in [5, 5.41) is 26.7. The lowest BCUT2D eigenvalue weighted by molar-refractivity contribution is -0.314. The number of ketones is 1. The number of hydrogen-bond acceptors (Lipinski definition) is 15. The van der Waals surface area contributed by atoms with Crippen LogP contribution in [0.5, 0.6) is 0 Å². The molecule has 0 aliphatic carbocycles. The van der Waals surface area contributed by atoms with Crippen LogP contribution >= 0.6 is 0 Å². The Labute approximate surface area is 335 Å². The lowest BCUT2D eigenvalue weighted by Gasteiger charge is -2.51. The van der Waals surface area contributed by atoms with E-state index >= 15 is 0 Å². The molecular formula is C41H74N2O13. The van der Waals surface area contributed by atoms with Crippen molar-refractivity contribution in [2.75, 3.05) is 35.4 Å². The van der Waals surface area contributed by atoms with Gasteiger partial charge in [0.15, 0.2) is 18.7 Å². The molecule has 3 fully saturated rings. The number of carbonyl (C=O) groups is 3. The molecule has 0 bridgehead atoms. The van der Waals surface area contributed by atoms with Gasteiger partial charge >= 0.3 is 11.9 Å². The van der Waals surface area contributed by atoms with Gasteiger partial charge in [-0.1, -0.05) is 27.7 Å². The molecule has 0 spiro atoms. The number of hydrogen-bond donors (Lipinski definition) is 3. The number of cyclic esters (lactones) is 1. The molecular weight excluding hydrogens is 728 g/mol. The van der Waals surface area contributed by atoms with Gasteiger partial charge < -0.3 is 58.3 Å². The van der Waals surface area contributed by atoms with Crippen LogP contribution in [0.15, 0.2) is 0 Å². The summed E-state index contributed by atoms with van der Waals surface area (Å²) in [5.41, 5.74) is -4.17. The van der Waals surface area contributed by atoms with Gasteiger partial charge in [-0.25, -0.2) is 0 Å². The molecule has 0 aromatic rings. The largest absolute Gasteiger partial charge is 0.459 e. The highest BCUT2D eigenvalue weighted by Crippen LogP contribution is 2.42. The van der Waals surface area contributed by atoms with Crippen LogP contribution in [0.1, 0.15) is 102 Å². The molecule has 0 aromatic heterocycles. The lowest BCUT2D eigenvalue weighted by Crippen LogP contribution is -2.63. The third kappa shape index (κ3) is 10.5. The summed E-state index contributed by atoms with van der Waals surface area (Å²) >= 11 is 0. The van der Waals surface area contributed by atoms with Crippen molar-refractivity contribution in [2.45, 2.75) is 186 Å². The topological polar surface area (TPSA) is 181 Å². The van der Waals surface area contributed by atoms with E-state index in [0.717, 1.165) is 6.42 Å². The predicted molar refractivity (Wildman–Crippen MR) is 207 cm³/mol. The van der Waals surface area contributed by atoms with Crippen molar-refractivity contribution in [3.05, 3.63) is 0 Å². The van der Waals surface area contributed by atoms with Gasteiger partial charge in [-0.3, -0.25) is 14.4 Å². The first-order chi connectivity index (χ1) is 25.9. The van der Waals surface area contributed by atoms with Gasteiger partial charge in [0, 0.05) is 51.4 Å². The standard InChI is InChI=1S/C41H74N2O13/c1-17-29-41(11,48)34(46)23(4)32(45)21(2)19-39(9,49-15)35(56-38-31(43(13)14)28(42-12)18-22(3)51-38)24(5)33(25(6)37(47)54-29)55-30-20-40(10,50-16)36(26(7)52-30)53-27(8)44/h21-26,28-31,33-36,38,42,46,48H,17-20H2,1-16H3/t21-,22-,23+,24+,25-,26+,28-,29-,30+,31+,33+,34-,35-,36+,38+,39+,40-,41-/m1/s1. The second-order valence-corrected chi connectivity index (χ2v) is 17.5. The van der Waals surface area contributed by atoms with Crippen LogP contribution in [-0.2, 0) is 52.3 Å². The van der Waals surface area contributed by atoms with Crippen LogP contribution in [0.2, 0.25) is 0 Å². The van der Waals surface area contributed by atoms with Crippen molar-refractivity contribution in [1.29, 1.82) is 0 Å². The third-order valence-corrected chi connectivity index (χ3v) is 12.9. The van der Waals surface area contributed by atoms with Gasteiger partial charge in [-0.2, -0.15) is 0 Å². The number of carbonyl (C=O) groups excluding carboxylic acids is 3. The van der Waals surface area contributed by atoms with E-state index < -0.39 is 102 Å². The van der Waals surface area contributed by atoms with Crippen molar-refractivity contribution in [3.8, 4) is 0 Å². The van der Waals surface area contributed by atoms with E-state index in [1.54, 1.807) is 41.7 Å². The minimum absolute atomic E-state index is 0.0120. The molecule has 0 radical (unpaired) electrons. The first-order valence-corrected chi connectivity index (χ1v) is 20.3. The third-order valence-electron chi connectivity index (χ3n) is 12.9. The summed E-state index contributed by atoms with van der Waals surface area (Å²) in [5.74, 6) is -4.77. The van der Waals surface area contributed by atoms with Crippen molar-refractivity contribution < 1.29 is 62.5 Å². The van der Waals surface area contributed by atoms with E-state index in [2.05, 4.69) is 10.2 Å². The minimum atomic E-state index is -1.96. The average Bonchev–Trinajstić information content (AvgIpc) is 3.13. The van der Waals surface area contributed by atoms with E-state index in [1.165, 1.54) is 21.0 Å². The van der Waals surface area contributed by atoms with Crippen LogP contribution in [0.3, 0.4) is 0 Å². The molecule has 0 aromatic carbocycles. The second kappa shape index (κ2) is 19.5. The fraction of sp³-hybridized carbons (Fsp3) is 0.927. The van der Waals surface area contributed by atoms with Gasteiger partial charge in [-0.15, -0.1) is 0 Å². The van der Waals surface area contributed by atoms with Gasteiger partial charge in [0.2, 0.25) is 0 Å². The molecule has 18 atom stereocenters. The highest BCUT2D eigenvalue weighted by molar-refractivity contribution is 5.83. The number of aliphatic hydroxyl groups is 2. The summed E-state index contributed by atoms with van der Waals surface area (Å²) in [6.45, 7) is 18.8. The number of methoxy groups -OCH3 is 2. The van der Waals surface area contributed by atoms with Crippen molar-refractivity contribution in [2.24, 2.45) is 23.7 Å². The molecule has 3 rings (SSSR count). The van der Waals surface area contributed by atoms with E-state index in [-0.39, 0.29) is 43.2 Å². The maximum atomic E-state index is 14.4. The van der Waals surface area contributed by atoms with E-state index in [0.29, 0.717) is 0 Å². The number of aliphatic hydroxyl groups excluding tert-OH is 1. The zero-order chi connectivity index (χ0) is 42.7. The molecule has 0 unspecified atom stereocenters. The molecule has 0 amide bonds. The molecule has 15 heteroatoms. The number of nitrogens with one attached hydrogen (secondary N) is 1. The summed E-state index contributed by atoms with van der Waals surface area (Å²) in [4.78, 5) is 42.6. The monoisotopic (exact) mass is 803 g/mol. The van der Waals surface area contributed by atoms with Crippen LogP contribution < -0.4 is 5.32 Å². The lowest BCUT2D eigenvalue weighted by atomic mass is 9.74.